The van der Waals surface area contributed by atoms with Gasteiger partial charge in [-0.2, -0.15) is 0 Å². The summed E-state index contributed by atoms with van der Waals surface area (Å²) in [6.45, 7) is 0.923. The van der Waals surface area contributed by atoms with Gasteiger partial charge in [0.1, 0.15) is 0 Å². The van der Waals surface area contributed by atoms with E-state index >= 15 is 0 Å². The lowest BCUT2D eigenvalue weighted by Gasteiger charge is -2.23. The van der Waals surface area contributed by atoms with Crippen LogP contribution < -0.4 is 12.4 Å². The van der Waals surface area contributed by atoms with E-state index in [1.807, 2.05) is 0 Å². The van der Waals surface area contributed by atoms with E-state index in [4.69, 9.17) is 5.11 Å². The zero-order chi connectivity index (χ0) is 8.20. The van der Waals surface area contributed by atoms with Crippen molar-refractivity contribution in [3.8, 4) is 0 Å². The molecule has 0 aliphatic rings. The second-order valence-electron chi connectivity index (χ2n) is 3.51. The summed E-state index contributed by atoms with van der Waals surface area (Å²) in [5, 5.41) is 8.30. The number of nitrogens with zero attached hydrogens (tertiary/aromatic N) is 1. The molecule has 3 nitrogen and oxygen atoms in total. The normalized spacial score (nSPS) is 10.5. The van der Waals surface area contributed by atoms with E-state index in [0.29, 0.717) is 0 Å². The first-order valence-electron chi connectivity index (χ1n) is 3.44. The Morgan fingerprint density at radius 2 is 1.82 bits per heavy atom. The molecule has 11 heavy (non-hydrogen) atoms. The Bertz CT molecular complexity index is 120. The Balaban J connectivity index is 0. The summed E-state index contributed by atoms with van der Waals surface area (Å²) in [5.74, 6) is -0.701. The molecule has 0 heterocycles. The van der Waals surface area contributed by atoms with Crippen molar-refractivity contribution in [3.05, 3.63) is 0 Å². The molecule has 1 N–H and O–H groups in total. The maximum atomic E-state index is 10.1. The highest BCUT2D eigenvalue weighted by Crippen LogP contribution is 1.96. The molecule has 0 bridgehead atoms. The minimum atomic E-state index is -0.701. The van der Waals surface area contributed by atoms with E-state index < -0.39 is 5.97 Å². The Kier molecular flexibility index (Phi) is 6.52. The van der Waals surface area contributed by atoms with Gasteiger partial charge in [-0.15, -0.1) is 0 Å². The van der Waals surface area contributed by atoms with Gasteiger partial charge in [-0.1, -0.05) is 0 Å². The van der Waals surface area contributed by atoms with Crippen LogP contribution in [0.2, 0.25) is 0 Å². The topological polar surface area (TPSA) is 37.3 Å². The largest absolute Gasteiger partial charge is 1.00 e. The van der Waals surface area contributed by atoms with Crippen molar-refractivity contribution in [1.29, 1.82) is 0 Å². The first-order valence-corrected chi connectivity index (χ1v) is 3.44. The highest BCUT2D eigenvalue weighted by atomic mass is 35.5. The van der Waals surface area contributed by atoms with Crippen molar-refractivity contribution in [3.63, 3.8) is 0 Å². The molecule has 0 aromatic heterocycles. The van der Waals surface area contributed by atoms with E-state index in [1.165, 1.54) is 0 Å². The summed E-state index contributed by atoms with van der Waals surface area (Å²) in [6, 6.07) is 0. The van der Waals surface area contributed by atoms with Crippen LogP contribution >= 0.6 is 0 Å². The van der Waals surface area contributed by atoms with Gasteiger partial charge in [0, 0.05) is 6.42 Å². The number of rotatable bonds is 4. The molecule has 0 atom stereocenters. The molecule has 0 saturated carbocycles. The van der Waals surface area contributed by atoms with Gasteiger partial charge in [-0.25, -0.2) is 0 Å². The lowest BCUT2D eigenvalue weighted by atomic mass is 10.3. The molecule has 0 aliphatic carbocycles. The van der Waals surface area contributed by atoms with Crippen LogP contribution in [0.25, 0.3) is 0 Å². The predicted molar refractivity (Wildman–Crippen MR) is 39.8 cm³/mol. The van der Waals surface area contributed by atoms with E-state index in [0.717, 1.165) is 17.4 Å². The molecule has 0 aliphatic heterocycles. The van der Waals surface area contributed by atoms with Crippen LogP contribution in [0.3, 0.4) is 0 Å². The minimum absolute atomic E-state index is 0. The Morgan fingerprint density at radius 1 is 1.36 bits per heavy atom. The fraction of sp³-hybridized carbons (Fsp3) is 0.857. The van der Waals surface area contributed by atoms with Crippen LogP contribution in [0.15, 0.2) is 0 Å². The molecule has 68 valence electrons. The first kappa shape index (κ1) is 13.3. The van der Waals surface area contributed by atoms with Crippen molar-refractivity contribution < 1.29 is 26.8 Å². The van der Waals surface area contributed by atoms with Gasteiger partial charge in [-0.05, 0) is 0 Å². The Labute approximate surface area is 74.0 Å². The molecule has 0 rings (SSSR count). The third-order valence-electron chi connectivity index (χ3n) is 1.22. The van der Waals surface area contributed by atoms with Crippen molar-refractivity contribution in [2.75, 3.05) is 27.7 Å². The number of carboxylic acid groups (broad SMARTS) is 1. The number of carboxylic acids is 1. The van der Waals surface area contributed by atoms with Crippen LogP contribution in [0.5, 0.6) is 0 Å². The molecule has 0 amide bonds. The average molecular weight is 182 g/mol. The second-order valence-corrected chi connectivity index (χ2v) is 3.51. The fourth-order valence-electron chi connectivity index (χ4n) is 0.705. The van der Waals surface area contributed by atoms with E-state index in [1.54, 1.807) is 0 Å². The maximum Gasteiger partial charge on any atom is 0.303 e. The zero-order valence-corrected chi connectivity index (χ0v) is 8.06. The SMILES string of the molecule is C[N+](C)(C)CCCC(=O)O.[Cl-]. The molecule has 4 heteroatoms. The van der Waals surface area contributed by atoms with Crippen LogP contribution in [0.1, 0.15) is 12.8 Å². The number of hydrogen-bond acceptors (Lipinski definition) is 1. The molecule has 0 fully saturated rings. The maximum absolute atomic E-state index is 10.1. The third kappa shape index (κ3) is 12.8. The van der Waals surface area contributed by atoms with Crippen molar-refractivity contribution in [2.24, 2.45) is 0 Å². The van der Waals surface area contributed by atoms with Crippen LogP contribution in [-0.4, -0.2) is 43.2 Å². The molecule has 0 aromatic rings. The number of carbonyl (C=O) groups is 1. The summed E-state index contributed by atoms with van der Waals surface area (Å²) in [6.07, 6.45) is 1.05. The summed E-state index contributed by atoms with van der Waals surface area (Å²) in [4.78, 5) is 10.1. The highest BCUT2D eigenvalue weighted by molar-refractivity contribution is 5.66. The molecule has 0 saturated heterocycles. The number of quaternary nitrogens is 1. The van der Waals surface area contributed by atoms with Gasteiger partial charge < -0.3 is 22.0 Å². The summed E-state index contributed by atoms with van der Waals surface area (Å²) in [7, 11) is 6.17. The molecule has 0 aromatic carbocycles. The summed E-state index contributed by atoms with van der Waals surface area (Å²) < 4.78 is 0.841. The van der Waals surface area contributed by atoms with Crippen LogP contribution in [0.4, 0.5) is 0 Å². The van der Waals surface area contributed by atoms with Crippen LogP contribution in [-0.2, 0) is 4.79 Å². The first-order chi connectivity index (χ1) is 4.42. The quantitative estimate of drug-likeness (QED) is 0.490. The lowest BCUT2D eigenvalue weighted by molar-refractivity contribution is -0.870. The van der Waals surface area contributed by atoms with Gasteiger partial charge in [0.25, 0.3) is 0 Å². The molecule has 0 unspecified atom stereocenters. The fourth-order valence-corrected chi connectivity index (χ4v) is 0.705. The lowest BCUT2D eigenvalue weighted by Crippen LogP contribution is -3.00. The van der Waals surface area contributed by atoms with Gasteiger partial charge >= 0.3 is 5.97 Å². The van der Waals surface area contributed by atoms with Crippen molar-refractivity contribution >= 4 is 5.97 Å². The monoisotopic (exact) mass is 181 g/mol. The van der Waals surface area contributed by atoms with Crippen LogP contribution in [0, 0.1) is 0 Å². The molecular weight excluding hydrogens is 166 g/mol. The second kappa shape index (κ2) is 5.38. The van der Waals surface area contributed by atoms with E-state index in [2.05, 4.69) is 21.1 Å². The minimum Gasteiger partial charge on any atom is -1.00 e. The molecular formula is C7H16ClNO2. The average Bonchev–Trinajstić information content (AvgIpc) is 1.59. The predicted octanol–water partition coefficient (Wildman–Crippen LogP) is -2.44. The summed E-state index contributed by atoms with van der Waals surface area (Å²) >= 11 is 0. The molecule has 0 spiro atoms. The highest BCUT2D eigenvalue weighted by Gasteiger charge is 2.07. The van der Waals surface area contributed by atoms with Gasteiger partial charge in [0.2, 0.25) is 0 Å². The third-order valence-corrected chi connectivity index (χ3v) is 1.22. The van der Waals surface area contributed by atoms with Crippen molar-refractivity contribution in [1.82, 2.24) is 0 Å². The number of aliphatic carboxylic acids is 1. The van der Waals surface area contributed by atoms with E-state index in [-0.39, 0.29) is 18.8 Å². The standard InChI is InChI=1S/C7H15NO2.ClH/c1-8(2,3)6-4-5-7(9)10;/h4-6H2,1-3H3;1H. The Hall–Kier alpha value is -0.280. The van der Waals surface area contributed by atoms with E-state index in [9.17, 15) is 4.79 Å². The number of hydrogen-bond donors (Lipinski definition) is 1. The molecule has 0 radical (unpaired) electrons. The van der Waals surface area contributed by atoms with Crippen molar-refractivity contribution in [2.45, 2.75) is 12.8 Å². The summed E-state index contributed by atoms with van der Waals surface area (Å²) in [5.41, 5.74) is 0. The van der Waals surface area contributed by atoms with Gasteiger partial charge in [0.05, 0.1) is 34.1 Å². The van der Waals surface area contributed by atoms with Gasteiger partial charge in [-0.3, -0.25) is 4.79 Å². The van der Waals surface area contributed by atoms with Gasteiger partial charge in [0.15, 0.2) is 0 Å². The zero-order valence-electron chi connectivity index (χ0n) is 7.30. The number of halogens is 1. The Morgan fingerprint density at radius 3 is 2.09 bits per heavy atom. The smallest absolute Gasteiger partial charge is 0.303 e.